The summed E-state index contributed by atoms with van der Waals surface area (Å²) in [6.07, 6.45) is 12.1. The summed E-state index contributed by atoms with van der Waals surface area (Å²) in [5.74, 6) is -1.46. The van der Waals surface area contributed by atoms with Crippen molar-refractivity contribution in [3.05, 3.63) is 0 Å². The summed E-state index contributed by atoms with van der Waals surface area (Å²) < 4.78 is 45.3. The molecule has 1 unspecified atom stereocenters. The fourth-order valence-electron chi connectivity index (χ4n) is 8.55. The van der Waals surface area contributed by atoms with Gasteiger partial charge in [-0.3, -0.25) is 0 Å². The molecule has 0 N–H and O–H groups in total. The van der Waals surface area contributed by atoms with E-state index in [4.69, 9.17) is 0 Å². The Morgan fingerprint density at radius 3 is 1.78 bits per heavy atom. The van der Waals surface area contributed by atoms with E-state index in [0.717, 1.165) is 50.4 Å². The molecule has 0 saturated heterocycles. The molecule has 0 spiro atoms. The van der Waals surface area contributed by atoms with Crippen molar-refractivity contribution in [1.29, 1.82) is 0 Å². The van der Waals surface area contributed by atoms with Crippen molar-refractivity contribution in [2.45, 2.75) is 112 Å². The van der Waals surface area contributed by atoms with Crippen LogP contribution in [-0.2, 0) is 0 Å². The molecule has 4 heteroatoms. The standard InChI is InChI=1S/C23H34F3I/c1-16-2-4-17(5-3-16)19-6-9-20(10-7-19,11-8-19)22-14-12-21(27,13-15-22)18(24)23(22,25)26/h16-18H,2-15H2,1H3. The van der Waals surface area contributed by atoms with Gasteiger partial charge in [-0.15, -0.1) is 0 Å². The molecule has 154 valence electrons. The average Bonchev–Trinajstić information content (AvgIpc) is 2.68. The van der Waals surface area contributed by atoms with Crippen LogP contribution in [0.3, 0.4) is 0 Å². The van der Waals surface area contributed by atoms with Crippen molar-refractivity contribution in [1.82, 2.24) is 0 Å². The Balaban J connectivity index is 1.41. The monoisotopic (exact) mass is 494 g/mol. The summed E-state index contributed by atoms with van der Waals surface area (Å²) in [6, 6.07) is 0. The van der Waals surface area contributed by atoms with Gasteiger partial charge in [0.25, 0.3) is 5.92 Å². The fraction of sp³-hybridized carbons (Fsp3) is 1.00. The largest absolute Gasteiger partial charge is 0.286 e. The third-order valence-electron chi connectivity index (χ3n) is 10.5. The molecule has 0 heterocycles. The van der Waals surface area contributed by atoms with Crippen molar-refractivity contribution < 1.29 is 13.2 Å². The third kappa shape index (κ3) is 2.40. The molecule has 0 aromatic rings. The Hall–Kier alpha value is 0.520. The molecule has 0 radical (unpaired) electrons. The van der Waals surface area contributed by atoms with Gasteiger partial charge in [-0.1, -0.05) is 42.4 Å². The van der Waals surface area contributed by atoms with E-state index in [9.17, 15) is 0 Å². The summed E-state index contributed by atoms with van der Waals surface area (Å²) in [4.78, 5) is 0. The summed E-state index contributed by atoms with van der Waals surface area (Å²) >= 11 is 2.03. The zero-order valence-electron chi connectivity index (χ0n) is 16.6. The van der Waals surface area contributed by atoms with E-state index in [1.54, 1.807) is 0 Å². The zero-order valence-corrected chi connectivity index (χ0v) is 18.8. The minimum Gasteiger partial charge on any atom is -0.239 e. The molecule has 27 heavy (non-hydrogen) atoms. The lowest BCUT2D eigenvalue weighted by molar-refractivity contribution is -0.294. The minimum atomic E-state index is -3.14. The van der Waals surface area contributed by atoms with Crippen LogP contribution in [0.1, 0.15) is 96.8 Å². The Morgan fingerprint density at radius 2 is 1.26 bits per heavy atom. The van der Waals surface area contributed by atoms with Gasteiger partial charge >= 0.3 is 0 Å². The van der Waals surface area contributed by atoms with Gasteiger partial charge in [0, 0.05) is 5.41 Å². The highest BCUT2D eigenvalue weighted by molar-refractivity contribution is 14.1. The first-order chi connectivity index (χ1) is 12.7. The van der Waals surface area contributed by atoms with E-state index < -0.39 is 20.9 Å². The number of hydrogen-bond donors (Lipinski definition) is 0. The van der Waals surface area contributed by atoms with Gasteiger partial charge < -0.3 is 0 Å². The van der Waals surface area contributed by atoms with E-state index in [0.29, 0.717) is 31.1 Å². The lowest BCUT2D eigenvalue weighted by Gasteiger charge is -2.69. The van der Waals surface area contributed by atoms with E-state index in [1.165, 1.54) is 25.7 Å². The molecule has 7 rings (SSSR count). The third-order valence-corrected chi connectivity index (χ3v) is 12.2. The highest BCUT2D eigenvalue weighted by Crippen LogP contribution is 2.77. The Labute approximate surface area is 175 Å². The molecule has 4 bridgehead atoms. The SMILES string of the molecule is CC1CCC(C23CCC(C45CCC(I)(CC4)C(F)C5(F)F)(CC2)CC3)CC1. The van der Waals surface area contributed by atoms with Gasteiger partial charge in [0.1, 0.15) is 0 Å². The first-order valence-corrected chi connectivity index (χ1v) is 12.5. The van der Waals surface area contributed by atoms with Crippen LogP contribution in [-0.4, -0.2) is 15.5 Å². The second kappa shape index (κ2) is 6.03. The molecule has 1 atom stereocenters. The summed E-state index contributed by atoms with van der Waals surface area (Å²) in [7, 11) is 0. The van der Waals surface area contributed by atoms with Crippen molar-refractivity contribution in [2.75, 3.05) is 0 Å². The number of fused-ring (bicyclic) bond motifs is 6. The fourth-order valence-corrected chi connectivity index (χ4v) is 9.48. The van der Waals surface area contributed by atoms with Crippen molar-refractivity contribution in [2.24, 2.45) is 28.1 Å². The molecule has 0 nitrogen and oxygen atoms in total. The van der Waals surface area contributed by atoms with Crippen molar-refractivity contribution in [3.8, 4) is 0 Å². The zero-order chi connectivity index (χ0) is 19.1. The van der Waals surface area contributed by atoms with Gasteiger partial charge in [-0.2, -0.15) is 0 Å². The smallest absolute Gasteiger partial charge is 0.239 e. The van der Waals surface area contributed by atoms with Crippen LogP contribution in [0.25, 0.3) is 0 Å². The molecule has 7 saturated carbocycles. The van der Waals surface area contributed by atoms with Gasteiger partial charge in [0.05, 0.1) is 3.42 Å². The van der Waals surface area contributed by atoms with E-state index in [-0.39, 0.29) is 5.41 Å². The topological polar surface area (TPSA) is 0 Å². The van der Waals surface area contributed by atoms with Gasteiger partial charge in [0.15, 0.2) is 6.17 Å². The van der Waals surface area contributed by atoms with Gasteiger partial charge in [-0.05, 0) is 99.7 Å². The summed E-state index contributed by atoms with van der Waals surface area (Å²) in [6.45, 7) is 2.37. The number of alkyl halides is 4. The van der Waals surface area contributed by atoms with Crippen LogP contribution in [0.4, 0.5) is 13.2 Å². The highest BCUT2D eigenvalue weighted by atomic mass is 127. The maximum absolute atomic E-state index is 15.5. The van der Waals surface area contributed by atoms with Gasteiger partial charge in [0.2, 0.25) is 0 Å². The van der Waals surface area contributed by atoms with Crippen molar-refractivity contribution >= 4 is 22.6 Å². The van der Waals surface area contributed by atoms with E-state index in [2.05, 4.69) is 6.92 Å². The second-order valence-electron chi connectivity index (χ2n) is 11.2. The number of rotatable bonds is 2. The molecule has 0 aromatic heterocycles. The minimum absolute atomic E-state index is 0.289. The highest BCUT2D eigenvalue weighted by Gasteiger charge is 2.77. The molecule has 7 fully saturated rings. The first-order valence-electron chi connectivity index (χ1n) is 11.4. The maximum atomic E-state index is 15.5. The van der Waals surface area contributed by atoms with Crippen LogP contribution < -0.4 is 0 Å². The predicted octanol–water partition coefficient (Wildman–Crippen LogP) is 7.87. The predicted molar refractivity (Wildman–Crippen MR) is 111 cm³/mol. The second-order valence-corrected chi connectivity index (χ2v) is 13.4. The van der Waals surface area contributed by atoms with Crippen LogP contribution in [0, 0.1) is 28.1 Å². The van der Waals surface area contributed by atoms with Crippen LogP contribution in [0.15, 0.2) is 0 Å². The van der Waals surface area contributed by atoms with E-state index in [1.807, 2.05) is 22.6 Å². The molecule has 7 aliphatic carbocycles. The average molecular weight is 494 g/mol. The lowest BCUT2D eigenvalue weighted by atomic mass is 9.37. The molecule has 0 aliphatic heterocycles. The van der Waals surface area contributed by atoms with Crippen LogP contribution >= 0.6 is 22.6 Å². The molecular formula is C23H34F3I. The Kier molecular flexibility index (Phi) is 4.35. The normalized spacial score (nSPS) is 57.0. The van der Waals surface area contributed by atoms with E-state index >= 15 is 13.2 Å². The molecule has 7 aliphatic rings. The van der Waals surface area contributed by atoms with Crippen molar-refractivity contribution in [3.63, 3.8) is 0 Å². The number of hydrogen-bond acceptors (Lipinski definition) is 0. The summed E-state index contributed by atoms with van der Waals surface area (Å²) in [5, 5.41) is 0. The molecular weight excluding hydrogens is 460 g/mol. The number of halogens is 4. The molecule has 0 amide bonds. The van der Waals surface area contributed by atoms with Crippen LogP contribution in [0.5, 0.6) is 0 Å². The Bertz CT molecular complexity index is 574. The first kappa shape index (κ1) is 19.5. The summed E-state index contributed by atoms with van der Waals surface area (Å²) in [5.41, 5.74) is -0.914. The Morgan fingerprint density at radius 1 is 0.741 bits per heavy atom. The maximum Gasteiger partial charge on any atom is 0.286 e. The lowest BCUT2D eigenvalue weighted by Crippen LogP contribution is -2.71. The molecule has 0 aromatic carbocycles. The van der Waals surface area contributed by atoms with Gasteiger partial charge in [-0.25, -0.2) is 13.2 Å². The quantitative estimate of drug-likeness (QED) is 0.271. The van der Waals surface area contributed by atoms with Crippen LogP contribution in [0.2, 0.25) is 0 Å².